The fraction of sp³-hybridized carbons (Fsp3) is 0.767. The molecule has 2 saturated heterocycles. The zero-order valence-electron chi connectivity index (χ0n) is 27.0. The van der Waals surface area contributed by atoms with Gasteiger partial charge in [-0.05, 0) is 62.4 Å². The number of fused-ring (bicyclic) bond motifs is 1. The van der Waals surface area contributed by atoms with Crippen LogP contribution in [0.25, 0.3) is 0 Å². The van der Waals surface area contributed by atoms with E-state index in [1.54, 1.807) is 4.90 Å². The molecule has 9 nitrogen and oxygen atoms in total. The average Bonchev–Trinajstić information content (AvgIpc) is 3.37. The summed E-state index contributed by atoms with van der Waals surface area (Å²) in [5.74, 6) is -1.99. The monoisotopic (exact) mass is 608 g/mol. The lowest BCUT2D eigenvalue weighted by Gasteiger charge is -2.57. The van der Waals surface area contributed by atoms with Gasteiger partial charge in [-0.25, -0.2) is 9.59 Å². The van der Waals surface area contributed by atoms with Crippen LogP contribution in [-0.2, 0) is 23.2 Å². The smallest absolute Gasteiger partial charge is 0.410 e. The molecule has 3 aliphatic rings. The summed E-state index contributed by atoms with van der Waals surface area (Å²) in [5.41, 5.74) is -1.36. The van der Waals surface area contributed by atoms with Crippen LogP contribution >= 0.6 is 0 Å². The van der Waals surface area contributed by atoms with E-state index in [1.807, 2.05) is 6.92 Å². The van der Waals surface area contributed by atoms with Crippen LogP contribution in [0.15, 0.2) is 23.9 Å². The maximum absolute atomic E-state index is 13.8. The number of hydrogen-bond acceptors (Lipinski definition) is 6. The highest BCUT2D eigenvalue weighted by molar-refractivity contribution is 6.48. The van der Waals surface area contributed by atoms with Gasteiger partial charge >= 0.3 is 12.1 Å². The molecule has 0 aromatic heterocycles. The fourth-order valence-electron chi connectivity index (χ4n) is 6.95. The van der Waals surface area contributed by atoms with Crippen molar-refractivity contribution in [2.75, 3.05) is 19.8 Å². The van der Waals surface area contributed by atoms with Crippen molar-refractivity contribution in [2.45, 2.75) is 105 Å². The zero-order chi connectivity index (χ0) is 31.3. The summed E-state index contributed by atoms with van der Waals surface area (Å²) in [5, 5.41) is 10.4. The van der Waals surface area contributed by atoms with Crippen molar-refractivity contribution in [1.82, 2.24) is 9.80 Å². The van der Waals surface area contributed by atoms with Crippen LogP contribution < -0.4 is 0 Å². The highest BCUT2D eigenvalue weighted by Gasteiger charge is 2.66. The Morgan fingerprint density at radius 2 is 1.71 bits per heavy atom. The number of β-lactam (4-membered cyclic amide) rings is 1. The number of ether oxygens (including phenoxy) is 1. The lowest BCUT2D eigenvalue weighted by Crippen LogP contribution is -2.70. The fourth-order valence-corrected chi connectivity index (χ4v) is 9.04. The number of hydrogen-bond donors (Lipinski definition) is 1. The van der Waals surface area contributed by atoms with Crippen molar-refractivity contribution in [3.05, 3.63) is 23.9 Å². The van der Waals surface area contributed by atoms with Gasteiger partial charge in [0.2, 0.25) is 5.91 Å². The molecule has 2 amide bonds. The summed E-state index contributed by atoms with van der Waals surface area (Å²) in [6, 6.07) is -0.286. The summed E-state index contributed by atoms with van der Waals surface area (Å²) in [6.07, 6.45) is 2.06. The highest BCUT2D eigenvalue weighted by Crippen LogP contribution is 2.56. The number of likely N-dealkylation sites (tertiary alicyclic amines) is 1. The third-order valence-corrected chi connectivity index (χ3v) is 11.3. The van der Waals surface area contributed by atoms with E-state index in [1.165, 1.54) is 11.0 Å². The van der Waals surface area contributed by atoms with E-state index in [9.17, 15) is 19.5 Å². The molecule has 5 atom stereocenters. The first kappa shape index (κ1) is 33.5. The van der Waals surface area contributed by atoms with E-state index in [2.05, 4.69) is 74.3 Å². The Morgan fingerprint density at radius 3 is 2.17 bits per heavy atom. The predicted octanol–water partition coefficient (Wildman–Crippen LogP) is 4.79. The number of carbonyl (C=O) groups is 3. The van der Waals surface area contributed by atoms with Gasteiger partial charge in [-0.1, -0.05) is 54.2 Å². The minimum atomic E-state index is -1.53. The van der Waals surface area contributed by atoms with E-state index in [-0.39, 0.29) is 41.0 Å². The van der Waals surface area contributed by atoms with Crippen LogP contribution in [0.5, 0.6) is 0 Å². The molecule has 0 bridgehead atoms. The highest BCUT2D eigenvalue weighted by atomic mass is 28.3. The number of carboxylic acid groups (broad SMARTS) is 1. The van der Waals surface area contributed by atoms with Gasteiger partial charge in [0.25, 0.3) is 0 Å². The van der Waals surface area contributed by atoms with Gasteiger partial charge in [0.05, 0.1) is 29.7 Å². The number of nitrogens with zero attached hydrogens (tertiary/aromatic N) is 2. The topological polar surface area (TPSA) is 106 Å². The summed E-state index contributed by atoms with van der Waals surface area (Å²) in [4.78, 5) is 43.3. The minimum Gasteiger partial charge on any atom is -0.477 e. The SMILES string of the molecule is C=CCOC(=O)N1CC(C2=C(C(=O)O)N3C(=O)[C@H]([C@@](C)(O[SiH](C)C)C(C)(C)C)[C@H]3C2)C[C@@]1(CO[SiH](C)C)C(C)(C)C. The van der Waals surface area contributed by atoms with E-state index in [0.29, 0.717) is 26.0 Å². The lowest BCUT2D eigenvalue weighted by atomic mass is 9.63. The Hall–Kier alpha value is -1.96. The second kappa shape index (κ2) is 11.6. The molecule has 1 N–H and O–H groups in total. The molecule has 0 aromatic carbocycles. The van der Waals surface area contributed by atoms with Crippen molar-refractivity contribution in [2.24, 2.45) is 22.7 Å². The Balaban J connectivity index is 2.07. The van der Waals surface area contributed by atoms with E-state index in [0.717, 1.165) is 5.57 Å². The first-order valence-electron chi connectivity index (χ1n) is 14.9. The molecule has 41 heavy (non-hydrogen) atoms. The van der Waals surface area contributed by atoms with Gasteiger partial charge in [0.1, 0.15) is 12.3 Å². The van der Waals surface area contributed by atoms with E-state index >= 15 is 0 Å². The second-order valence-electron chi connectivity index (χ2n) is 14.7. The van der Waals surface area contributed by atoms with E-state index < -0.39 is 47.2 Å². The Morgan fingerprint density at radius 1 is 1.10 bits per heavy atom. The molecule has 3 rings (SSSR count). The van der Waals surface area contributed by atoms with Crippen molar-refractivity contribution in [1.29, 1.82) is 0 Å². The van der Waals surface area contributed by atoms with Crippen LogP contribution in [0.4, 0.5) is 4.79 Å². The molecule has 11 heteroatoms. The van der Waals surface area contributed by atoms with Crippen LogP contribution in [0, 0.1) is 22.7 Å². The van der Waals surface area contributed by atoms with Crippen molar-refractivity contribution in [3.8, 4) is 0 Å². The molecular weight excluding hydrogens is 557 g/mol. The van der Waals surface area contributed by atoms with Gasteiger partial charge < -0.3 is 23.6 Å². The quantitative estimate of drug-likeness (QED) is 0.216. The third kappa shape index (κ3) is 5.83. The summed E-state index contributed by atoms with van der Waals surface area (Å²) < 4.78 is 18.4. The van der Waals surface area contributed by atoms with Gasteiger partial charge in [-0.2, -0.15) is 0 Å². The van der Waals surface area contributed by atoms with Crippen LogP contribution in [-0.4, -0.2) is 87.9 Å². The van der Waals surface area contributed by atoms with Crippen LogP contribution in [0.1, 0.15) is 61.3 Å². The standard InChI is InChI=1S/C30H52N2O7Si2/c1-13-14-37-26(36)31-17-19(16-30(31,28(5,6)7)18-38-40(9)10)20-15-21-22(24(33)32(21)23(20)25(34)35)29(8,27(2,3)4)39-41(11)12/h13,19,21-22,40-41H,1,14-18H2,2-12H3,(H,34,35)/t19?,21-,22-,29-,30-/m1/s1. The van der Waals surface area contributed by atoms with Gasteiger partial charge in [0, 0.05) is 12.5 Å². The average molecular weight is 609 g/mol. The molecule has 2 fully saturated rings. The normalized spacial score (nSPS) is 28.2. The number of amides is 2. The maximum atomic E-state index is 13.8. The zero-order valence-corrected chi connectivity index (χ0v) is 29.3. The lowest BCUT2D eigenvalue weighted by molar-refractivity contribution is -0.180. The Bertz CT molecular complexity index is 1090. The van der Waals surface area contributed by atoms with Crippen LogP contribution in [0.3, 0.4) is 0 Å². The molecule has 232 valence electrons. The van der Waals surface area contributed by atoms with E-state index in [4.69, 9.17) is 13.6 Å². The summed E-state index contributed by atoms with van der Waals surface area (Å²) in [7, 11) is -2.97. The Labute approximate surface area is 249 Å². The Kier molecular flexibility index (Phi) is 9.50. The molecule has 3 aliphatic heterocycles. The molecule has 0 saturated carbocycles. The predicted molar refractivity (Wildman–Crippen MR) is 165 cm³/mol. The van der Waals surface area contributed by atoms with Crippen molar-refractivity contribution in [3.63, 3.8) is 0 Å². The van der Waals surface area contributed by atoms with Gasteiger partial charge in [-0.3, -0.25) is 9.69 Å². The van der Waals surface area contributed by atoms with Crippen molar-refractivity contribution >= 4 is 36.1 Å². The van der Waals surface area contributed by atoms with Gasteiger partial charge in [0.15, 0.2) is 18.1 Å². The number of rotatable bonds is 10. The molecule has 0 spiro atoms. The van der Waals surface area contributed by atoms with Crippen LogP contribution in [0.2, 0.25) is 26.2 Å². The largest absolute Gasteiger partial charge is 0.477 e. The van der Waals surface area contributed by atoms with Crippen molar-refractivity contribution < 1.29 is 33.1 Å². The summed E-state index contributed by atoms with van der Waals surface area (Å²) in [6.45, 7) is 27.3. The molecule has 1 unspecified atom stereocenters. The number of carbonyl (C=O) groups excluding carboxylic acids is 2. The van der Waals surface area contributed by atoms with Gasteiger partial charge in [-0.15, -0.1) is 0 Å². The number of aliphatic carboxylic acids is 1. The molecule has 0 radical (unpaired) electrons. The first-order chi connectivity index (χ1) is 18.7. The molecular formula is C30H52N2O7Si2. The molecule has 3 heterocycles. The number of carboxylic acids is 1. The summed E-state index contributed by atoms with van der Waals surface area (Å²) >= 11 is 0. The molecule has 0 aromatic rings. The maximum Gasteiger partial charge on any atom is 0.410 e. The first-order valence-corrected chi connectivity index (χ1v) is 20.4. The second-order valence-corrected chi connectivity index (χ2v) is 19.4. The third-order valence-electron chi connectivity index (χ3n) is 9.55. The molecule has 0 aliphatic carbocycles. The minimum absolute atomic E-state index is 0.0718.